The van der Waals surface area contributed by atoms with E-state index < -0.39 is 4.92 Å². The van der Waals surface area contributed by atoms with E-state index in [0.29, 0.717) is 42.8 Å². The minimum atomic E-state index is -0.587. The van der Waals surface area contributed by atoms with Gasteiger partial charge in [-0.2, -0.15) is 5.10 Å². The molecule has 1 saturated heterocycles. The molecule has 3 rings (SSSR count). The highest BCUT2D eigenvalue weighted by Gasteiger charge is 2.31. The van der Waals surface area contributed by atoms with E-state index in [1.807, 2.05) is 0 Å². The number of aromatic nitrogens is 2. The first kappa shape index (κ1) is 18.6. The number of carbonyl (C=O) groups is 1. The number of rotatable bonds is 4. The van der Waals surface area contributed by atoms with Crippen LogP contribution in [0.5, 0.6) is 0 Å². The van der Waals surface area contributed by atoms with Gasteiger partial charge in [0.25, 0.3) is 5.91 Å². The molecule has 1 aliphatic heterocycles. The van der Waals surface area contributed by atoms with Gasteiger partial charge in [0.05, 0.1) is 4.92 Å². The van der Waals surface area contributed by atoms with Gasteiger partial charge in [0.2, 0.25) is 5.69 Å². The van der Waals surface area contributed by atoms with Crippen LogP contribution < -0.4 is 0 Å². The molecule has 0 radical (unpaired) electrons. The number of nitrogens with zero attached hydrogens (tertiary/aromatic N) is 5. The molecule has 2 aromatic rings. The summed E-state index contributed by atoms with van der Waals surface area (Å²) in [6.07, 6.45) is 1.10. The van der Waals surface area contributed by atoms with Crippen LogP contribution in [0.15, 0.2) is 24.4 Å². The zero-order chi connectivity index (χ0) is 18.8. The minimum absolute atomic E-state index is 0.00222. The molecule has 1 aromatic heterocycles. The number of piperazine rings is 1. The van der Waals surface area contributed by atoms with E-state index in [1.165, 1.54) is 11.7 Å². The fraction of sp³-hybridized carbons (Fsp3) is 0.375. The number of benzene rings is 1. The summed E-state index contributed by atoms with van der Waals surface area (Å²) in [7, 11) is 1.52. The van der Waals surface area contributed by atoms with Crippen molar-refractivity contribution in [3.8, 4) is 0 Å². The first-order valence-corrected chi connectivity index (χ1v) is 8.75. The molecular formula is C16H17Cl2N5O3. The largest absolute Gasteiger partial charge is 0.335 e. The average molecular weight is 398 g/mol. The second-order valence-electron chi connectivity index (χ2n) is 6.03. The topological polar surface area (TPSA) is 84.5 Å². The van der Waals surface area contributed by atoms with E-state index in [9.17, 15) is 14.9 Å². The SMILES string of the molecule is Cn1ncc([N+](=O)[O-])c1C(=O)N1CCN(Cc2c(Cl)cccc2Cl)CC1. The Labute approximate surface area is 160 Å². The Kier molecular flexibility index (Phi) is 5.45. The van der Waals surface area contributed by atoms with Crippen molar-refractivity contribution in [3.05, 3.63) is 55.8 Å². The normalized spacial score (nSPS) is 15.3. The van der Waals surface area contributed by atoms with Gasteiger partial charge in [0.15, 0.2) is 0 Å². The smallest absolute Gasteiger partial charge is 0.320 e. The lowest BCUT2D eigenvalue weighted by molar-refractivity contribution is -0.385. The van der Waals surface area contributed by atoms with Crippen LogP contribution >= 0.6 is 23.2 Å². The van der Waals surface area contributed by atoms with Crippen molar-refractivity contribution in [1.29, 1.82) is 0 Å². The Morgan fingerprint density at radius 1 is 1.23 bits per heavy atom. The van der Waals surface area contributed by atoms with Gasteiger partial charge in [-0.3, -0.25) is 24.5 Å². The summed E-state index contributed by atoms with van der Waals surface area (Å²) in [5, 5.41) is 16.1. The summed E-state index contributed by atoms with van der Waals surface area (Å²) in [5.41, 5.74) is 0.582. The van der Waals surface area contributed by atoms with Gasteiger partial charge in [0, 0.05) is 55.4 Å². The van der Waals surface area contributed by atoms with E-state index in [0.717, 1.165) is 11.8 Å². The van der Waals surface area contributed by atoms with Crippen LogP contribution in [0.4, 0.5) is 5.69 Å². The third-order valence-electron chi connectivity index (χ3n) is 4.42. The van der Waals surface area contributed by atoms with Crippen LogP contribution in [0.1, 0.15) is 16.1 Å². The van der Waals surface area contributed by atoms with Crippen LogP contribution in [-0.4, -0.2) is 56.6 Å². The van der Waals surface area contributed by atoms with Gasteiger partial charge in [-0.15, -0.1) is 0 Å². The molecule has 1 aromatic carbocycles. The standard InChI is InChI=1S/C16H17Cl2N5O3/c1-20-15(14(9-19-20)23(25)26)16(24)22-7-5-21(6-8-22)10-11-12(17)3-2-4-13(11)18/h2-4,9H,5-8,10H2,1H3. The molecule has 1 aliphatic rings. The molecule has 10 heteroatoms. The lowest BCUT2D eigenvalue weighted by Crippen LogP contribution is -2.48. The summed E-state index contributed by atoms with van der Waals surface area (Å²) < 4.78 is 1.25. The second-order valence-corrected chi connectivity index (χ2v) is 6.84. The van der Waals surface area contributed by atoms with Crippen molar-refractivity contribution in [2.45, 2.75) is 6.54 Å². The second kappa shape index (κ2) is 7.61. The summed E-state index contributed by atoms with van der Waals surface area (Å²) >= 11 is 12.4. The lowest BCUT2D eigenvalue weighted by Gasteiger charge is -2.34. The number of nitro groups is 1. The third kappa shape index (κ3) is 3.67. The van der Waals surface area contributed by atoms with Gasteiger partial charge in [-0.25, -0.2) is 0 Å². The molecule has 0 aliphatic carbocycles. The van der Waals surface area contributed by atoms with E-state index in [2.05, 4.69) is 10.00 Å². The van der Waals surface area contributed by atoms with Crippen molar-refractivity contribution < 1.29 is 9.72 Å². The first-order chi connectivity index (χ1) is 12.4. The van der Waals surface area contributed by atoms with Gasteiger partial charge < -0.3 is 4.90 Å². The maximum absolute atomic E-state index is 12.7. The molecule has 138 valence electrons. The predicted octanol–water partition coefficient (Wildman–Crippen LogP) is 2.59. The summed E-state index contributed by atoms with van der Waals surface area (Å²) in [4.78, 5) is 26.9. The monoisotopic (exact) mass is 397 g/mol. The highest BCUT2D eigenvalue weighted by molar-refractivity contribution is 6.35. The molecule has 8 nitrogen and oxygen atoms in total. The van der Waals surface area contributed by atoms with Crippen molar-refractivity contribution in [1.82, 2.24) is 19.6 Å². The van der Waals surface area contributed by atoms with Crippen LogP contribution in [0, 0.1) is 10.1 Å². The van der Waals surface area contributed by atoms with Crippen molar-refractivity contribution in [2.75, 3.05) is 26.2 Å². The predicted molar refractivity (Wildman–Crippen MR) is 97.5 cm³/mol. The Hall–Kier alpha value is -2.16. The summed E-state index contributed by atoms with van der Waals surface area (Å²) in [6, 6.07) is 5.39. The number of aryl methyl sites for hydroxylation is 1. The molecule has 2 heterocycles. The van der Waals surface area contributed by atoms with E-state index in [4.69, 9.17) is 23.2 Å². The summed E-state index contributed by atoms with van der Waals surface area (Å²) in [5.74, 6) is -0.382. The Morgan fingerprint density at radius 2 is 1.85 bits per heavy atom. The van der Waals surface area contributed by atoms with Gasteiger partial charge in [-0.1, -0.05) is 29.3 Å². The molecular weight excluding hydrogens is 381 g/mol. The van der Waals surface area contributed by atoms with E-state index in [-0.39, 0.29) is 17.3 Å². The van der Waals surface area contributed by atoms with Crippen LogP contribution in [0.2, 0.25) is 10.0 Å². The minimum Gasteiger partial charge on any atom is -0.335 e. The number of halogens is 2. The molecule has 0 atom stereocenters. The first-order valence-electron chi connectivity index (χ1n) is 7.99. The number of hydrogen-bond acceptors (Lipinski definition) is 5. The molecule has 0 N–H and O–H groups in total. The van der Waals surface area contributed by atoms with Crippen molar-refractivity contribution in [3.63, 3.8) is 0 Å². The fourth-order valence-electron chi connectivity index (χ4n) is 2.97. The number of carbonyl (C=O) groups excluding carboxylic acids is 1. The van der Waals surface area contributed by atoms with Crippen molar-refractivity contribution >= 4 is 34.8 Å². The van der Waals surface area contributed by atoms with Crippen LogP contribution in [0.25, 0.3) is 0 Å². The Morgan fingerprint density at radius 3 is 2.42 bits per heavy atom. The van der Waals surface area contributed by atoms with E-state index >= 15 is 0 Å². The van der Waals surface area contributed by atoms with Gasteiger partial charge >= 0.3 is 5.69 Å². The van der Waals surface area contributed by atoms with Crippen molar-refractivity contribution in [2.24, 2.45) is 7.05 Å². The maximum Gasteiger partial charge on any atom is 0.320 e. The number of hydrogen-bond donors (Lipinski definition) is 0. The Balaban J connectivity index is 1.66. The van der Waals surface area contributed by atoms with Gasteiger partial charge in [-0.05, 0) is 12.1 Å². The molecule has 1 amide bonds. The highest BCUT2D eigenvalue weighted by atomic mass is 35.5. The third-order valence-corrected chi connectivity index (χ3v) is 5.13. The average Bonchev–Trinajstić information content (AvgIpc) is 3.00. The lowest BCUT2D eigenvalue weighted by atomic mass is 10.2. The molecule has 0 spiro atoms. The number of amides is 1. The van der Waals surface area contributed by atoms with E-state index in [1.54, 1.807) is 23.1 Å². The zero-order valence-electron chi connectivity index (χ0n) is 14.1. The zero-order valence-corrected chi connectivity index (χ0v) is 15.6. The molecule has 0 bridgehead atoms. The van der Waals surface area contributed by atoms with Crippen LogP contribution in [-0.2, 0) is 13.6 Å². The molecule has 0 unspecified atom stereocenters. The maximum atomic E-state index is 12.7. The quantitative estimate of drug-likeness (QED) is 0.584. The summed E-state index contributed by atoms with van der Waals surface area (Å²) in [6.45, 7) is 2.76. The van der Waals surface area contributed by atoms with Gasteiger partial charge in [0.1, 0.15) is 6.20 Å². The molecule has 26 heavy (non-hydrogen) atoms. The highest BCUT2D eigenvalue weighted by Crippen LogP contribution is 2.26. The molecule has 1 fully saturated rings. The Bertz CT molecular complexity index is 826. The fourth-order valence-corrected chi connectivity index (χ4v) is 3.49. The molecule has 0 saturated carbocycles. The van der Waals surface area contributed by atoms with Crippen LogP contribution in [0.3, 0.4) is 0 Å².